The van der Waals surface area contributed by atoms with Gasteiger partial charge in [-0.05, 0) is 37.7 Å². The molecular weight excluding hydrogens is 372 g/mol. The molecule has 1 aromatic rings. The van der Waals surface area contributed by atoms with E-state index in [4.69, 9.17) is 15.2 Å². The van der Waals surface area contributed by atoms with Crippen LogP contribution >= 0.6 is 0 Å². The molecule has 7 nitrogen and oxygen atoms in total. The normalized spacial score (nSPS) is 13.8. The Labute approximate surface area is 172 Å². The van der Waals surface area contributed by atoms with E-state index in [1.54, 1.807) is 13.8 Å². The van der Waals surface area contributed by atoms with Gasteiger partial charge in [-0.15, -0.1) is 0 Å². The Morgan fingerprint density at radius 1 is 1.14 bits per heavy atom. The summed E-state index contributed by atoms with van der Waals surface area (Å²) in [5, 5.41) is 2.67. The molecule has 160 valence electrons. The van der Waals surface area contributed by atoms with Crippen LogP contribution in [-0.2, 0) is 30.3 Å². The summed E-state index contributed by atoms with van der Waals surface area (Å²) in [4.78, 5) is 36.9. The van der Waals surface area contributed by atoms with Gasteiger partial charge < -0.3 is 20.5 Å². The molecule has 1 rings (SSSR count). The van der Waals surface area contributed by atoms with Crippen molar-refractivity contribution in [1.29, 1.82) is 0 Å². The molecule has 0 aliphatic heterocycles. The summed E-state index contributed by atoms with van der Waals surface area (Å²) in [6.07, 6.45) is 2.24. The Kier molecular flexibility index (Phi) is 10.7. The lowest BCUT2D eigenvalue weighted by Gasteiger charge is -2.24. The number of aryl methyl sites for hydroxylation is 1. The number of ether oxygens (including phenoxy) is 2. The molecule has 0 heterocycles. The molecule has 3 atom stereocenters. The monoisotopic (exact) mass is 404 g/mol. The molecule has 0 saturated carbocycles. The van der Waals surface area contributed by atoms with Gasteiger partial charge in [0.15, 0.2) is 6.10 Å². The van der Waals surface area contributed by atoms with Crippen molar-refractivity contribution in [2.75, 3.05) is 6.61 Å². The molecule has 0 bridgehead atoms. The average Bonchev–Trinajstić information content (AvgIpc) is 2.69. The zero-order valence-corrected chi connectivity index (χ0v) is 17.4. The van der Waals surface area contributed by atoms with Gasteiger partial charge in [0.25, 0.3) is 5.91 Å². The number of carbonyl (C=O) groups excluding carboxylic acids is 3. The van der Waals surface area contributed by atoms with Crippen LogP contribution in [0.25, 0.3) is 0 Å². The Morgan fingerprint density at radius 2 is 1.79 bits per heavy atom. The topological polar surface area (TPSA) is 108 Å². The van der Waals surface area contributed by atoms with Crippen LogP contribution in [0.15, 0.2) is 43.0 Å². The Bertz CT molecular complexity index is 673. The minimum absolute atomic E-state index is 0.0528. The molecule has 3 N–H and O–H groups in total. The maximum atomic E-state index is 12.7. The van der Waals surface area contributed by atoms with E-state index in [-0.39, 0.29) is 12.5 Å². The highest BCUT2D eigenvalue weighted by Crippen LogP contribution is 2.12. The number of hydrogen-bond donors (Lipinski definition) is 2. The molecular formula is C22H32N2O5. The summed E-state index contributed by atoms with van der Waals surface area (Å²) in [6, 6.07) is 8.16. The highest BCUT2D eigenvalue weighted by Gasteiger charge is 2.31. The van der Waals surface area contributed by atoms with Crippen molar-refractivity contribution >= 4 is 17.8 Å². The number of nitrogens with one attached hydrogen (secondary N) is 1. The number of esters is 2. The van der Waals surface area contributed by atoms with Gasteiger partial charge >= 0.3 is 11.9 Å². The third kappa shape index (κ3) is 8.91. The van der Waals surface area contributed by atoms with Gasteiger partial charge in [0.1, 0.15) is 18.7 Å². The van der Waals surface area contributed by atoms with E-state index in [2.05, 4.69) is 11.9 Å². The highest BCUT2D eigenvalue weighted by molar-refractivity contribution is 5.89. The van der Waals surface area contributed by atoms with E-state index >= 15 is 0 Å². The number of amides is 1. The zero-order valence-electron chi connectivity index (χ0n) is 17.4. The molecule has 29 heavy (non-hydrogen) atoms. The summed E-state index contributed by atoms with van der Waals surface area (Å²) in [5.74, 6) is -2.05. The Balaban J connectivity index is 2.78. The van der Waals surface area contributed by atoms with Gasteiger partial charge in [0.2, 0.25) is 0 Å². The lowest BCUT2D eigenvalue weighted by atomic mass is 10.0. The van der Waals surface area contributed by atoms with Crippen molar-refractivity contribution in [3.05, 3.63) is 48.6 Å². The predicted octanol–water partition coefficient (Wildman–Crippen LogP) is 2.14. The van der Waals surface area contributed by atoms with Crippen molar-refractivity contribution < 1.29 is 23.9 Å². The summed E-state index contributed by atoms with van der Waals surface area (Å²) in [7, 11) is 0. The first kappa shape index (κ1) is 24.4. The Hall–Kier alpha value is -2.67. The summed E-state index contributed by atoms with van der Waals surface area (Å²) in [6.45, 7) is 8.56. The van der Waals surface area contributed by atoms with E-state index in [1.165, 1.54) is 13.0 Å². The van der Waals surface area contributed by atoms with Crippen LogP contribution in [0, 0.1) is 5.92 Å². The molecule has 7 heteroatoms. The van der Waals surface area contributed by atoms with Crippen LogP contribution in [0.2, 0.25) is 0 Å². The van der Waals surface area contributed by atoms with Crippen LogP contribution in [-0.4, -0.2) is 42.6 Å². The standard InChI is InChI=1S/C22H32N2O5/c1-5-14-28-22(27)18(13-9-12-17-10-7-6-8-11-17)24-20(25)19(15(2)3)29-21(26)16(4)23/h5-8,10-11,15-16,18-19H,1,9,12-14,23H2,2-4H3,(H,24,25)/t16-,18-,19-/m0/s1. The summed E-state index contributed by atoms with van der Waals surface area (Å²) < 4.78 is 10.3. The smallest absolute Gasteiger partial charge is 0.328 e. The fourth-order valence-corrected chi connectivity index (χ4v) is 2.62. The second-order valence-corrected chi connectivity index (χ2v) is 7.25. The van der Waals surface area contributed by atoms with E-state index in [1.807, 2.05) is 30.3 Å². The first-order chi connectivity index (χ1) is 13.8. The van der Waals surface area contributed by atoms with Crippen LogP contribution in [0.3, 0.4) is 0 Å². The molecule has 0 spiro atoms. The minimum atomic E-state index is -1.04. The average molecular weight is 405 g/mol. The first-order valence-corrected chi connectivity index (χ1v) is 9.84. The second-order valence-electron chi connectivity index (χ2n) is 7.25. The molecule has 0 aromatic heterocycles. The minimum Gasteiger partial charge on any atom is -0.460 e. The molecule has 0 radical (unpaired) electrons. The van der Waals surface area contributed by atoms with E-state index < -0.39 is 36.0 Å². The lowest BCUT2D eigenvalue weighted by Crippen LogP contribution is -2.50. The van der Waals surface area contributed by atoms with Crippen LogP contribution in [0.1, 0.15) is 39.2 Å². The molecule has 0 aliphatic rings. The summed E-state index contributed by atoms with van der Waals surface area (Å²) in [5.41, 5.74) is 6.66. The van der Waals surface area contributed by atoms with E-state index in [9.17, 15) is 14.4 Å². The Morgan fingerprint density at radius 3 is 2.34 bits per heavy atom. The maximum Gasteiger partial charge on any atom is 0.328 e. The zero-order chi connectivity index (χ0) is 21.8. The first-order valence-electron chi connectivity index (χ1n) is 9.84. The van der Waals surface area contributed by atoms with Gasteiger partial charge in [0.05, 0.1) is 0 Å². The SMILES string of the molecule is C=CCOC(=O)[C@H](CCCc1ccccc1)NC(=O)[C@@H](OC(=O)[C@H](C)N)C(C)C. The number of nitrogens with two attached hydrogens (primary N) is 1. The van der Waals surface area contributed by atoms with Gasteiger partial charge in [-0.25, -0.2) is 4.79 Å². The van der Waals surface area contributed by atoms with Gasteiger partial charge in [-0.3, -0.25) is 9.59 Å². The van der Waals surface area contributed by atoms with Crippen LogP contribution in [0.5, 0.6) is 0 Å². The summed E-state index contributed by atoms with van der Waals surface area (Å²) >= 11 is 0. The van der Waals surface area contributed by atoms with Gasteiger partial charge in [-0.2, -0.15) is 0 Å². The molecule has 0 unspecified atom stereocenters. The number of carbonyl (C=O) groups is 3. The van der Waals surface area contributed by atoms with Gasteiger partial charge in [-0.1, -0.05) is 56.8 Å². The predicted molar refractivity (Wildman–Crippen MR) is 111 cm³/mol. The van der Waals surface area contributed by atoms with Crippen LogP contribution < -0.4 is 11.1 Å². The molecule has 1 amide bonds. The highest BCUT2D eigenvalue weighted by atomic mass is 16.6. The van der Waals surface area contributed by atoms with Crippen LogP contribution in [0.4, 0.5) is 0 Å². The quantitative estimate of drug-likeness (QED) is 0.408. The molecule has 0 fully saturated rings. The number of benzene rings is 1. The molecule has 1 aromatic carbocycles. The molecule has 0 saturated heterocycles. The van der Waals surface area contributed by atoms with Crippen molar-refractivity contribution in [2.45, 2.75) is 58.2 Å². The fraction of sp³-hybridized carbons (Fsp3) is 0.500. The van der Waals surface area contributed by atoms with Crippen molar-refractivity contribution in [2.24, 2.45) is 11.7 Å². The van der Waals surface area contributed by atoms with Crippen molar-refractivity contribution in [3.63, 3.8) is 0 Å². The number of rotatable bonds is 12. The van der Waals surface area contributed by atoms with Crippen molar-refractivity contribution in [3.8, 4) is 0 Å². The van der Waals surface area contributed by atoms with E-state index in [0.29, 0.717) is 12.8 Å². The third-order valence-electron chi connectivity index (χ3n) is 4.22. The maximum absolute atomic E-state index is 12.7. The fourth-order valence-electron chi connectivity index (χ4n) is 2.62. The second kappa shape index (κ2) is 12.7. The van der Waals surface area contributed by atoms with E-state index in [0.717, 1.165) is 12.0 Å². The van der Waals surface area contributed by atoms with Gasteiger partial charge in [0, 0.05) is 0 Å². The van der Waals surface area contributed by atoms with Crippen molar-refractivity contribution in [1.82, 2.24) is 5.32 Å². The molecule has 0 aliphatic carbocycles. The largest absolute Gasteiger partial charge is 0.460 e. The number of hydrogen-bond acceptors (Lipinski definition) is 6. The third-order valence-corrected chi connectivity index (χ3v) is 4.22. The lowest BCUT2D eigenvalue weighted by molar-refractivity contribution is -0.160.